The van der Waals surface area contributed by atoms with Crippen molar-refractivity contribution >= 4 is 5.97 Å². The first-order valence-electron chi connectivity index (χ1n) is 3.22. The third kappa shape index (κ3) is 3.15. The molecule has 0 aromatic carbocycles. The van der Waals surface area contributed by atoms with Crippen LogP contribution in [0.3, 0.4) is 0 Å². The van der Waals surface area contributed by atoms with Crippen LogP contribution in [-0.2, 0) is 4.79 Å². The first kappa shape index (κ1) is 10.1. The Kier molecular flexibility index (Phi) is 3.22. The molecule has 0 saturated heterocycles. The molecule has 4 heteroatoms. The molecule has 3 N–H and O–H groups in total. The number of aliphatic carboxylic acids is 1. The number of aliphatic hydroxyl groups is 1. The van der Waals surface area contributed by atoms with Crippen LogP contribution < -0.4 is 5.32 Å². The lowest BCUT2D eigenvalue weighted by atomic mass is 10.1. The molecule has 0 aliphatic heterocycles. The summed E-state index contributed by atoms with van der Waals surface area (Å²) in [7, 11) is 0. The average Bonchev–Trinajstić information content (AvgIpc) is 1.86. The van der Waals surface area contributed by atoms with Crippen LogP contribution in [0, 0.1) is 0 Å². The van der Waals surface area contributed by atoms with Gasteiger partial charge >= 0.3 is 5.97 Å². The highest BCUT2D eigenvalue weighted by Gasteiger charge is 2.27. The Balaban J connectivity index is 4.11. The van der Waals surface area contributed by atoms with Gasteiger partial charge in [0, 0.05) is 0 Å². The Hall–Kier alpha value is -0.870. The fourth-order valence-corrected chi connectivity index (χ4v) is 0.490. The Labute approximate surface area is 65.5 Å². The largest absolute Gasteiger partial charge is 0.480 e. The molecule has 1 atom stereocenters. The highest BCUT2D eigenvalue weighted by molar-refractivity contribution is 5.77. The van der Waals surface area contributed by atoms with Gasteiger partial charge in [0.1, 0.15) is 11.8 Å². The number of carboxylic acid groups (broad SMARTS) is 1. The topological polar surface area (TPSA) is 69.6 Å². The van der Waals surface area contributed by atoms with Gasteiger partial charge in [0.15, 0.2) is 0 Å². The van der Waals surface area contributed by atoms with E-state index in [4.69, 9.17) is 10.2 Å². The molecule has 0 aliphatic carbocycles. The second-order valence-electron chi connectivity index (χ2n) is 2.76. The predicted molar refractivity (Wildman–Crippen MR) is 41.1 cm³/mol. The van der Waals surface area contributed by atoms with E-state index in [1.165, 1.54) is 19.9 Å². The van der Waals surface area contributed by atoms with Gasteiger partial charge in [-0.1, -0.05) is 6.58 Å². The molecule has 0 bridgehead atoms. The quantitative estimate of drug-likeness (QED) is 0.397. The summed E-state index contributed by atoms with van der Waals surface area (Å²) >= 11 is 0. The van der Waals surface area contributed by atoms with Gasteiger partial charge in [-0.3, -0.25) is 10.1 Å². The zero-order chi connectivity index (χ0) is 9.07. The number of hydrogen-bond donors (Lipinski definition) is 3. The van der Waals surface area contributed by atoms with Crippen LogP contribution in [0.25, 0.3) is 0 Å². The van der Waals surface area contributed by atoms with Crippen LogP contribution in [-0.4, -0.2) is 27.9 Å². The molecule has 11 heavy (non-hydrogen) atoms. The van der Waals surface area contributed by atoms with Crippen molar-refractivity contribution in [1.82, 2.24) is 5.32 Å². The summed E-state index contributed by atoms with van der Waals surface area (Å²) in [4.78, 5) is 10.5. The molecule has 0 fully saturated rings. The van der Waals surface area contributed by atoms with E-state index in [0.29, 0.717) is 0 Å². The van der Waals surface area contributed by atoms with Crippen LogP contribution in [0.5, 0.6) is 0 Å². The minimum atomic E-state index is -1.13. The van der Waals surface area contributed by atoms with Crippen molar-refractivity contribution in [2.75, 3.05) is 0 Å². The highest BCUT2D eigenvalue weighted by atomic mass is 16.4. The highest BCUT2D eigenvalue weighted by Crippen LogP contribution is 2.02. The van der Waals surface area contributed by atoms with E-state index < -0.39 is 17.7 Å². The minimum Gasteiger partial charge on any atom is -0.480 e. The lowest BCUT2D eigenvalue weighted by Gasteiger charge is -2.23. The average molecular weight is 159 g/mol. The maximum absolute atomic E-state index is 10.5. The Morgan fingerprint density at radius 1 is 1.73 bits per heavy atom. The summed E-state index contributed by atoms with van der Waals surface area (Å²) in [6.45, 7) is 6.22. The van der Waals surface area contributed by atoms with E-state index in [1.807, 2.05) is 0 Å². The monoisotopic (exact) mass is 159 g/mol. The van der Waals surface area contributed by atoms with Gasteiger partial charge in [-0.25, -0.2) is 0 Å². The molecule has 0 rings (SSSR count). The maximum atomic E-state index is 10.5. The maximum Gasteiger partial charge on any atom is 0.323 e. The van der Waals surface area contributed by atoms with Crippen LogP contribution in [0.2, 0.25) is 0 Å². The normalized spacial score (nSPS) is 14.1. The number of carboxylic acids is 1. The number of rotatable bonds is 4. The SMILES string of the molecule is C=CC(O)NC(C)(C)C(=O)O. The molecule has 0 aromatic rings. The van der Waals surface area contributed by atoms with Crippen LogP contribution >= 0.6 is 0 Å². The van der Waals surface area contributed by atoms with Gasteiger partial charge in [0.05, 0.1) is 0 Å². The van der Waals surface area contributed by atoms with E-state index in [0.717, 1.165) is 0 Å². The number of hydrogen-bond acceptors (Lipinski definition) is 3. The first-order valence-corrected chi connectivity index (χ1v) is 3.22. The molecule has 0 aromatic heterocycles. The smallest absolute Gasteiger partial charge is 0.323 e. The molecule has 0 spiro atoms. The molecule has 0 amide bonds. The molecular formula is C7H13NO3. The van der Waals surface area contributed by atoms with Gasteiger partial charge < -0.3 is 10.2 Å². The number of carbonyl (C=O) groups is 1. The number of nitrogens with one attached hydrogen (secondary N) is 1. The molecular weight excluding hydrogens is 146 g/mol. The zero-order valence-corrected chi connectivity index (χ0v) is 6.66. The van der Waals surface area contributed by atoms with E-state index in [2.05, 4.69) is 11.9 Å². The first-order chi connectivity index (χ1) is 4.90. The van der Waals surface area contributed by atoms with Crippen molar-refractivity contribution in [3.63, 3.8) is 0 Å². The second-order valence-corrected chi connectivity index (χ2v) is 2.76. The third-order valence-electron chi connectivity index (χ3n) is 1.27. The second kappa shape index (κ2) is 3.50. The summed E-state index contributed by atoms with van der Waals surface area (Å²) in [5.74, 6) is -1.02. The van der Waals surface area contributed by atoms with Crippen LogP contribution in [0.15, 0.2) is 12.7 Å². The molecule has 0 saturated carbocycles. The van der Waals surface area contributed by atoms with Gasteiger partial charge in [-0.2, -0.15) is 0 Å². The van der Waals surface area contributed by atoms with Crippen molar-refractivity contribution in [3.8, 4) is 0 Å². The Morgan fingerprint density at radius 3 is 2.45 bits per heavy atom. The van der Waals surface area contributed by atoms with Gasteiger partial charge in [0.25, 0.3) is 0 Å². The van der Waals surface area contributed by atoms with Gasteiger partial charge in [-0.15, -0.1) is 0 Å². The summed E-state index contributed by atoms with van der Waals surface area (Å²) in [6, 6.07) is 0. The van der Waals surface area contributed by atoms with Crippen LogP contribution in [0.4, 0.5) is 0 Å². The summed E-state index contributed by atoms with van der Waals surface area (Å²) < 4.78 is 0. The lowest BCUT2D eigenvalue weighted by molar-refractivity contribution is -0.144. The minimum absolute atomic E-state index is 0.985. The molecule has 0 heterocycles. The van der Waals surface area contributed by atoms with Crippen molar-refractivity contribution in [1.29, 1.82) is 0 Å². The molecule has 0 aliphatic rings. The fraction of sp³-hybridized carbons (Fsp3) is 0.571. The summed E-state index contributed by atoms with van der Waals surface area (Å²) in [5.41, 5.74) is -1.13. The Bertz CT molecular complexity index is 165. The van der Waals surface area contributed by atoms with Crippen molar-refractivity contribution < 1.29 is 15.0 Å². The van der Waals surface area contributed by atoms with Gasteiger partial charge in [0.2, 0.25) is 0 Å². The Morgan fingerprint density at radius 2 is 2.18 bits per heavy atom. The standard InChI is InChI=1S/C7H13NO3/c1-4-5(9)8-7(2,3)6(10)11/h4-5,8-9H,1H2,2-3H3,(H,10,11). The summed E-state index contributed by atoms with van der Waals surface area (Å²) in [6.07, 6.45) is 0.242. The zero-order valence-electron chi connectivity index (χ0n) is 6.66. The number of aliphatic hydroxyl groups excluding tert-OH is 1. The van der Waals surface area contributed by atoms with E-state index >= 15 is 0 Å². The molecule has 0 radical (unpaired) electrons. The molecule has 1 unspecified atom stereocenters. The van der Waals surface area contributed by atoms with Crippen molar-refractivity contribution in [2.45, 2.75) is 25.6 Å². The van der Waals surface area contributed by atoms with Crippen molar-refractivity contribution in [3.05, 3.63) is 12.7 Å². The molecule has 4 nitrogen and oxygen atoms in total. The lowest BCUT2D eigenvalue weighted by Crippen LogP contribution is -2.50. The fourth-order valence-electron chi connectivity index (χ4n) is 0.490. The summed E-state index contributed by atoms with van der Waals surface area (Å²) in [5, 5.41) is 20.0. The van der Waals surface area contributed by atoms with E-state index in [-0.39, 0.29) is 0 Å². The molecule has 64 valence electrons. The third-order valence-corrected chi connectivity index (χ3v) is 1.27. The van der Waals surface area contributed by atoms with Crippen molar-refractivity contribution in [2.24, 2.45) is 0 Å². The van der Waals surface area contributed by atoms with Crippen LogP contribution in [0.1, 0.15) is 13.8 Å². The predicted octanol–water partition coefficient (Wildman–Crippen LogP) is -0.0564. The van der Waals surface area contributed by atoms with E-state index in [1.54, 1.807) is 0 Å². The van der Waals surface area contributed by atoms with E-state index in [9.17, 15) is 4.79 Å². The van der Waals surface area contributed by atoms with Gasteiger partial charge in [-0.05, 0) is 19.9 Å².